The van der Waals surface area contributed by atoms with Gasteiger partial charge in [-0.05, 0) is 78.6 Å². The molecular formula is C26H48O2. The van der Waals surface area contributed by atoms with E-state index in [-0.39, 0.29) is 0 Å². The van der Waals surface area contributed by atoms with Crippen LogP contribution in [0.15, 0.2) is 34.9 Å². The molecule has 0 bridgehead atoms. The fourth-order valence-corrected chi connectivity index (χ4v) is 2.79. The summed E-state index contributed by atoms with van der Waals surface area (Å²) in [7, 11) is 0. The summed E-state index contributed by atoms with van der Waals surface area (Å²) in [5.74, 6) is 0.559. The largest absolute Gasteiger partial charge is 0.350 e. The zero-order valence-corrected chi connectivity index (χ0v) is 20.4. The van der Waals surface area contributed by atoms with Gasteiger partial charge in [-0.25, -0.2) is 0 Å². The summed E-state index contributed by atoms with van der Waals surface area (Å²) in [6.45, 7) is 21.1. The van der Waals surface area contributed by atoms with Crippen molar-refractivity contribution in [2.75, 3.05) is 13.2 Å². The van der Waals surface area contributed by atoms with E-state index in [0.29, 0.717) is 11.8 Å². The molecule has 0 saturated carbocycles. The third kappa shape index (κ3) is 16.1. The Labute approximate surface area is 176 Å². The summed E-state index contributed by atoms with van der Waals surface area (Å²) in [5.41, 5.74) is 4.37. The molecule has 0 saturated heterocycles. The van der Waals surface area contributed by atoms with Crippen molar-refractivity contribution in [1.82, 2.24) is 0 Å². The number of allylic oxidation sites excluding steroid dienone is 6. The van der Waals surface area contributed by atoms with Crippen molar-refractivity contribution in [3.8, 4) is 0 Å². The normalized spacial score (nSPS) is 13.5. The van der Waals surface area contributed by atoms with Crippen LogP contribution in [0.25, 0.3) is 0 Å². The van der Waals surface area contributed by atoms with Gasteiger partial charge in [0.25, 0.3) is 0 Å². The van der Waals surface area contributed by atoms with Gasteiger partial charge in [-0.3, -0.25) is 0 Å². The number of rotatable bonds is 15. The second-order valence-electron chi connectivity index (χ2n) is 9.54. The predicted octanol–water partition coefficient (Wildman–Crippen LogP) is 8.25. The second kappa shape index (κ2) is 15.0. The minimum atomic E-state index is -0.479. The van der Waals surface area contributed by atoms with Gasteiger partial charge < -0.3 is 9.47 Å². The third-order valence-corrected chi connectivity index (χ3v) is 4.66. The van der Waals surface area contributed by atoms with Crippen molar-refractivity contribution in [2.45, 2.75) is 107 Å². The van der Waals surface area contributed by atoms with E-state index in [1.54, 1.807) is 0 Å². The van der Waals surface area contributed by atoms with Gasteiger partial charge in [-0.1, -0.05) is 62.6 Å². The van der Waals surface area contributed by atoms with Crippen molar-refractivity contribution < 1.29 is 9.47 Å². The van der Waals surface area contributed by atoms with Crippen LogP contribution < -0.4 is 0 Å². The molecule has 0 aromatic carbocycles. The van der Waals surface area contributed by atoms with Crippen LogP contribution in [0.4, 0.5) is 0 Å². The lowest BCUT2D eigenvalue weighted by atomic mass is 10.0. The Hall–Kier alpha value is -0.860. The highest BCUT2D eigenvalue weighted by Crippen LogP contribution is 2.23. The molecule has 164 valence electrons. The van der Waals surface area contributed by atoms with E-state index in [1.165, 1.54) is 23.1 Å². The van der Waals surface area contributed by atoms with Gasteiger partial charge >= 0.3 is 0 Å². The lowest BCUT2D eigenvalue weighted by Gasteiger charge is -2.31. The van der Waals surface area contributed by atoms with E-state index in [4.69, 9.17) is 9.47 Å². The Balaban J connectivity index is 4.42. The van der Waals surface area contributed by atoms with E-state index in [0.717, 1.165) is 45.3 Å². The summed E-state index contributed by atoms with van der Waals surface area (Å²) >= 11 is 0. The SMILES string of the molecule is CC(C)=CCC/C(C)=C/CC/C(C)=C/CCC(C)(OCC(C)C)OCC(C)C. The van der Waals surface area contributed by atoms with Crippen LogP contribution in [0, 0.1) is 11.8 Å². The standard InChI is InChI=1S/C26H48O2/c1-21(2)13-10-14-24(7)15-11-16-25(8)17-12-18-26(9,27-19-22(3)4)28-20-23(5)6/h13,15,17,22-23H,10-12,14,16,18-20H2,1-9H3/b24-15+,25-17+. The highest BCUT2D eigenvalue weighted by atomic mass is 16.7. The van der Waals surface area contributed by atoms with Gasteiger partial charge in [-0.2, -0.15) is 0 Å². The first-order valence-corrected chi connectivity index (χ1v) is 11.3. The molecule has 0 N–H and O–H groups in total. The molecule has 0 spiro atoms. The van der Waals surface area contributed by atoms with Gasteiger partial charge in [-0.15, -0.1) is 0 Å². The topological polar surface area (TPSA) is 18.5 Å². The maximum absolute atomic E-state index is 6.12. The zero-order valence-electron chi connectivity index (χ0n) is 20.4. The summed E-state index contributed by atoms with van der Waals surface area (Å²) in [5, 5.41) is 0. The molecule has 2 heteroatoms. The Morgan fingerprint density at radius 2 is 1.14 bits per heavy atom. The lowest BCUT2D eigenvalue weighted by Crippen LogP contribution is -2.35. The van der Waals surface area contributed by atoms with Crippen LogP contribution in [0.2, 0.25) is 0 Å². The average Bonchev–Trinajstić information content (AvgIpc) is 2.58. The minimum absolute atomic E-state index is 0.479. The van der Waals surface area contributed by atoms with E-state index in [9.17, 15) is 0 Å². The maximum Gasteiger partial charge on any atom is 0.165 e. The Morgan fingerprint density at radius 1 is 0.714 bits per heavy atom. The first-order chi connectivity index (χ1) is 13.0. The van der Waals surface area contributed by atoms with Crippen molar-refractivity contribution in [2.24, 2.45) is 11.8 Å². The fraction of sp³-hybridized carbons (Fsp3) is 0.769. The predicted molar refractivity (Wildman–Crippen MR) is 125 cm³/mol. The molecule has 28 heavy (non-hydrogen) atoms. The Kier molecular flexibility index (Phi) is 14.6. The Morgan fingerprint density at radius 3 is 1.57 bits per heavy atom. The van der Waals surface area contributed by atoms with Crippen molar-refractivity contribution >= 4 is 0 Å². The van der Waals surface area contributed by atoms with Crippen LogP contribution in [0.5, 0.6) is 0 Å². The van der Waals surface area contributed by atoms with Crippen LogP contribution in [0.1, 0.15) is 101 Å². The average molecular weight is 393 g/mol. The van der Waals surface area contributed by atoms with Crippen molar-refractivity contribution in [3.05, 3.63) is 34.9 Å². The van der Waals surface area contributed by atoms with E-state index < -0.39 is 5.79 Å². The highest BCUT2D eigenvalue weighted by Gasteiger charge is 2.25. The van der Waals surface area contributed by atoms with E-state index in [2.05, 4.69) is 80.5 Å². The minimum Gasteiger partial charge on any atom is -0.350 e. The molecule has 0 unspecified atom stereocenters. The smallest absolute Gasteiger partial charge is 0.165 e. The van der Waals surface area contributed by atoms with Crippen LogP contribution >= 0.6 is 0 Å². The molecule has 0 aliphatic rings. The van der Waals surface area contributed by atoms with Gasteiger partial charge in [0.15, 0.2) is 5.79 Å². The van der Waals surface area contributed by atoms with Crippen LogP contribution in [-0.4, -0.2) is 19.0 Å². The monoisotopic (exact) mass is 392 g/mol. The van der Waals surface area contributed by atoms with Crippen molar-refractivity contribution in [3.63, 3.8) is 0 Å². The lowest BCUT2D eigenvalue weighted by molar-refractivity contribution is -0.237. The number of hydrogen-bond donors (Lipinski definition) is 0. The molecule has 0 atom stereocenters. The highest BCUT2D eigenvalue weighted by molar-refractivity contribution is 5.05. The molecule has 2 nitrogen and oxygen atoms in total. The first kappa shape index (κ1) is 27.1. The summed E-state index contributed by atoms with van der Waals surface area (Å²) in [6, 6.07) is 0. The van der Waals surface area contributed by atoms with E-state index >= 15 is 0 Å². The molecule has 0 fully saturated rings. The third-order valence-electron chi connectivity index (χ3n) is 4.66. The molecular weight excluding hydrogens is 344 g/mol. The Bertz CT molecular complexity index is 479. The molecule has 0 rings (SSSR count). The van der Waals surface area contributed by atoms with Crippen LogP contribution in [0.3, 0.4) is 0 Å². The molecule has 0 radical (unpaired) electrons. The second-order valence-corrected chi connectivity index (χ2v) is 9.54. The van der Waals surface area contributed by atoms with E-state index in [1.807, 2.05) is 0 Å². The summed E-state index contributed by atoms with van der Waals surface area (Å²) in [6.07, 6.45) is 13.6. The summed E-state index contributed by atoms with van der Waals surface area (Å²) < 4.78 is 12.2. The van der Waals surface area contributed by atoms with Gasteiger partial charge in [0.2, 0.25) is 0 Å². The zero-order chi connectivity index (χ0) is 21.6. The van der Waals surface area contributed by atoms with Crippen molar-refractivity contribution in [1.29, 1.82) is 0 Å². The molecule has 0 heterocycles. The number of hydrogen-bond acceptors (Lipinski definition) is 2. The first-order valence-electron chi connectivity index (χ1n) is 11.3. The van der Waals surface area contributed by atoms with Gasteiger partial charge in [0, 0.05) is 6.42 Å². The molecule has 0 aliphatic heterocycles. The maximum atomic E-state index is 6.12. The fourth-order valence-electron chi connectivity index (χ4n) is 2.79. The molecule has 0 aromatic rings. The van der Waals surface area contributed by atoms with Gasteiger partial charge in [0.1, 0.15) is 0 Å². The molecule has 0 aromatic heterocycles. The number of ether oxygens (including phenoxy) is 2. The van der Waals surface area contributed by atoms with Crippen LogP contribution in [-0.2, 0) is 9.47 Å². The molecule has 0 aliphatic carbocycles. The quantitative estimate of drug-likeness (QED) is 0.206. The molecule has 0 amide bonds. The van der Waals surface area contributed by atoms with Gasteiger partial charge in [0.05, 0.1) is 13.2 Å². The summed E-state index contributed by atoms with van der Waals surface area (Å²) in [4.78, 5) is 0.